The lowest BCUT2D eigenvalue weighted by Gasteiger charge is -2.26. The molecule has 3 amide bonds. The molecule has 0 heterocycles. The Hall–Kier alpha value is -2.20. The molecule has 0 radical (unpaired) electrons. The molecule has 10 nitrogen and oxygen atoms in total. The molecule has 0 aliphatic rings. The predicted octanol–water partition coefficient (Wildman–Crippen LogP) is -1.82. The van der Waals surface area contributed by atoms with Crippen molar-refractivity contribution in [3.63, 3.8) is 0 Å². The SMILES string of the molecule is CC(C)CC(N)C(=O)NC(C(=O)NC(CO)C(=O)NCC(=O)O)C(C)C. The maximum absolute atomic E-state index is 12.4. The highest BCUT2D eigenvalue weighted by atomic mass is 16.4. The minimum absolute atomic E-state index is 0.207. The van der Waals surface area contributed by atoms with Gasteiger partial charge in [0.2, 0.25) is 17.7 Å². The normalized spacial score (nSPS) is 14.5. The Balaban J connectivity index is 4.92. The molecule has 3 unspecified atom stereocenters. The lowest BCUT2D eigenvalue weighted by molar-refractivity contribution is -0.139. The van der Waals surface area contributed by atoms with Crippen molar-refractivity contribution in [2.45, 2.75) is 52.2 Å². The average molecular weight is 374 g/mol. The molecule has 7 N–H and O–H groups in total. The fourth-order valence-corrected chi connectivity index (χ4v) is 2.15. The van der Waals surface area contributed by atoms with Gasteiger partial charge in [0.05, 0.1) is 12.6 Å². The summed E-state index contributed by atoms with van der Waals surface area (Å²) in [7, 11) is 0. The molecule has 0 bridgehead atoms. The van der Waals surface area contributed by atoms with Gasteiger partial charge < -0.3 is 31.9 Å². The Morgan fingerprint density at radius 2 is 1.54 bits per heavy atom. The summed E-state index contributed by atoms with van der Waals surface area (Å²) in [6, 6.07) is -3.05. The van der Waals surface area contributed by atoms with Gasteiger partial charge in [0.1, 0.15) is 18.6 Å². The van der Waals surface area contributed by atoms with Gasteiger partial charge in [-0.15, -0.1) is 0 Å². The van der Waals surface area contributed by atoms with Crippen molar-refractivity contribution in [1.29, 1.82) is 0 Å². The number of rotatable bonds is 11. The van der Waals surface area contributed by atoms with Crippen LogP contribution in [-0.4, -0.2) is 65.2 Å². The summed E-state index contributed by atoms with van der Waals surface area (Å²) in [5.41, 5.74) is 5.81. The van der Waals surface area contributed by atoms with E-state index in [9.17, 15) is 24.3 Å². The molecule has 0 aromatic carbocycles. The van der Waals surface area contributed by atoms with E-state index >= 15 is 0 Å². The highest BCUT2D eigenvalue weighted by molar-refractivity contribution is 5.93. The van der Waals surface area contributed by atoms with Crippen LogP contribution in [0.3, 0.4) is 0 Å². The summed E-state index contributed by atoms with van der Waals surface area (Å²) in [5, 5.41) is 24.7. The summed E-state index contributed by atoms with van der Waals surface area (Å²) in [6.45, 7) is 5.89. The van der Waals surface area contributed by atoms with Crippen molar-refractivity contribution in [3.05, 3.63) is 0 Å². The van der Waals surface area contributed by atoms with Crippen LogP contribution in [0, 0.1) is 11.8 Å². The van der Waals surface area contributed by atoms with Gasteiger partial charge >= 0.3 is 5.97 Å². The van der Waals surface area contributed by atoms with E-state index in [2.05, 4.69) is 16.0 Å². The van der Waals surface area contributed by atoms with Gasteiger partial charge in [0, 0.05) is 0 Å². The molecule has 0 aliphatic carbocycles. The summed E-state index contributed by atoms with van der Waals surface area (Å²) >= 11 is 0. The van der Waals surface area contributed by atoms with Crippen LogP contribution < -0.4 is 21.7 Å². The number of carbonyl (C=O) groups excluding carboxylic acids is 3. The summed E-state index contributed by atoms with van der Waals surface area (Å²) in [4.78, 5) is 46.8. The third kappa shape index (κ3) is 8.77. The fraction of sp³-hybridized carbons (Fsp3) is 0.750. The molecule has 3 atom stereocenters. The minimum atomic E-state index is -1.33. The second-order valence-corrected chi connectivity index (χ2v) is 6.82. The van der Waals surface area contributed by atoms with E-state index in [4.69, 9.17) is 10.8 Å². The zero-order chi connectivity index (χ0) is 20.4. The number of aliphatic hydroxyl groups is 1. The Morgan fingerprint density at radius 1 is 0.962 bits per heavy atom. The number of hydrogen-bond donors (Lipinski definition) is 6. The first-order chi connectivity index (χ1) is 12.0. The lowest BCUT2D eigenvalue weighted by atomic mass is 10.00. The molecule has 0 rings (SSSR count). The quantitative estimate of drug-likeness (QED) is 0.247. The number of amides is 3. The second-order valence-electron chi connectivity index (χ2n) is 6.82. The second kappa shape index (κ2) is 11.4. The van der Waals surface area contributed by atoms with Crippen LogP contribution in [-0.2, 0) is 19.2 Å². The highest BCUT2D eigenvalue weighted by Crippen LogP contribution is 2.06. The Labute approximate surface area is 152 Å². The summed E-state index contributed by atoms with van der Waals surface area (Å²) < 4.78 is 0. The first-order valence-electron chi connectivity index (χ1n) is 8.46. The molecule has 0 saturated heterocycles. The van der Waals surface area contributed by atoms with Gasteiger partial charge in [0.15, 0.2) is 0 Å². The van der Waals surface area contributed by atoms with E-state index in [0.29, 0.717) is 6.42 Å². The van der Waals surface area contributed by atoms with Crippen LogP contribution in [0.25, 0.3) is 0 Å². The smallest absolute Gasteiger partial charge is 0.322 e. The summed E-state index contributed by atoms with van der Waals surface area (Å²) in [5.74, 6) is -3.34. The van der Waals surface area contributed by atoms with Gasteiger partial charge in [-0.25, -0.2) is 0 Å². The topological polar surface area (TPSA) is 171 Å². The van der Waals surface area contributed by atoms with Gasteiger partial charge in [-0.05, 0) is 18.3 Å². The summed E-state index contributed by atoms with van der Waals surface area (Å²) in [6.07, 6.45) is 0.453. The zero-order valence-electron chi connectivity index (χ0n) is 15.6. The van der Waals surface area contributed by atoms with Crippen LogP contribution in [0.4, 0.5) is 0 Å². The van der Waals surface area contributed by atoms with Crippen LogP contribution >= 0.6 is 0 Å². The van der Waals surface area contributed by atoms with Crippen molar-refractivity contribution in [3.8, 4) is 0 Å². The van der Waals surface area contributed by atoms with Crippen molar-refractivity contribution in [1.82, 2.24) is 16.0 Å². The van der Waals surface area contributed by atoms with Crippen molar-refractivity contribution >= 4 is 23.7 Å². The average Bonchev–Trinajstić information content (AvgIpc) is 2.53. The van der Waals surface area contributed by atoms with E-state index in [1.807, 2.05) is 13.8 Å². The van der Waals surface area contributed by atoms with E-state index in [-0.39, 0.29) is 11.8 Å². The zero-order valence-corrected chi connectivity index (χ0v) is 15.6. The van der Waals surface area contributed by atoms with E-state index < -0.39 is 55.0 Å². The molecule has 0 saturated carbocycles. The number of nitrogens with one attached hydrogen (secondary N) is 3. The standard InChI is InChI=1S/C16H30N4O6/c1-8(2)5-10(17)14(24)20-13(9(3)4)16(26)19-11(7-21)15(25)18-6-12(22)23/h8-11,13,21H,5-7,17H2,1-4H3,(H,18,25)(H,19,26)(H,20,24)(H,22,23). The maximum Gasteiger partial charge on any atom is 0.322 e. The third-order valence-electron chi connectivity index (χ3n) is 3.54. The molecule has 150 valence electrons. The number of nitrogens with two attached hydrogens (primary N) is 1. The molecule has 0 aliphatic heterocycles. The maximum atomic E-state index is 12.4. The van der Waals surface area contributed by atoms with Gasteiger partial charge in [-0.2, -0.15) is 0 Å². The Kier molecular flexibility index (Phi) is 10.5. The molecule has 26 heavy (non-hydrogen) atoms. The molecule has 0 aromatic rings. The lowest BCUT2D eigenvalue weighted by Crippen LogP contribution is -2.58. The van der Waals surface area contributed by atoms with Crippen molar-refractivity contribution < 1.29 is 29.4 Å². The first kappa shape index (κ1) is 23.8. The number of carboxylic acid groups (broad SMARTS) is 1. The molecule has 0 spiro atoms. The first-order valence-corrected chi connectivity index (χ1v) is 8.46. The van der Waals surface area contributed by atoms with Gasteiger partial charge in [-0.3, -0.25) is 19.2 Å². The van der Waals surface area contributed by atoms with Crippen LogP contribution in [0.15, 0.2) is 0 Å². The number of aliphatic hydroxyl groups excluding tert-OH is 1. The molecule has 0 aromatic heterocycles. The van der Waals surface area contributed by atoms with E-state index in [0.717, 1.165) is 0 Å². The molecule has 10 heteroatoms. The number of hydrogen-bond acceptors (Lipinski definition) is 6. The predicted molar refractivity (Wildman–Crippen MR) is 93.9 cm³/mol. The Bertz CT molecular complexity index is 509. The molecular formula is C16H30N4O6. The van der Waals surface area contributed by atoms with Crippen LogP contribution in [0.1, 0.15) is 34.1 Å². The minimum Gasteiger partial charge on any atom is -0.480 e. The fourth-order valence-electron chi connectivity index (χ4n) is 2.15. The van der Waals surface area contributed by atoms with Crippen LogP contribution in [0.2, 0.25) is 0 Å². The monoisotopic (exact) mass is 374 g/mol. The molecular weight excluding hydrogens is 344 g/mol. The number of carbonyl (C=O) groups is 4. The largest absolute Gasteiger partial charge is 0.480 e. The van der Waals surface area contributed by atoms with E-state index in [1.165, 1.54) is 0 Å². The van der Waals surface area contributed by atoms with Crippen molar-refractivity contribution in [2.75, 3.05) is 13.2 Å². The third-order valence-corrected chi connectivity index (χ3v) is 3.54. The van der Waals surface area contributed by atoms with E-state index in [1.54, 1.807) is 13.8 Å². The van der Waals surface area contributed by atoms with Gasteiger partial charge in [-0.1, -0.05) is 27.7 Å². The Morgan fingerprint density at radius 3 is 1.96 bits per heavy atom. The number of aliphatic carboxylic acids is 1. The van der Waals surface area contributed by atoms with Crippen LogP contribution in [0.5, 0.6) is 0 Å². The number of carboxylic acids is 1. The van der Waals surface area contributed by atoms with Crippen molar-refractivity contribution in [2.24, 2.45) is 17.6 Å². The highest BCUT2D eigenvalue weighted by Gasteiger charge is 2.30. The molecule has 0 fully saturated rings. The van der Waals surface area contributed by atoms with Gasteiger partial charge in [0.25, 0.3) is 0 Å².